The first kappa shape index (κ1) is 26.1. The molecule has 0 bridgehead atoms. The summed E-state index contributed by atoms with van der Waals surface area (Å²) in [6, 6.07) is 11.8. The minimum atomic E-state index is -4.47. The summed E-state index contributed by atoms with van der Waals surface area (Å²) in [6.45, 7) is -1.78. The fourth-order valence-corrected chi connectivity index (χ4v) is 6.76. The Morgan fingerprint density at radius 1 is 1.03 bits per heavy atom. The number of amides is 1. The van der Waals surface area contributed by atoms with Gasteiger partial charge in [-0.15, -0.1) is 0 Å². The van der Waals surface area contributed by atoms with Crippen LogP contribution in [-0.2, 0) is 31.9 Å². The van der Waals surface area contributed by atoms with Crippen LogP contribution in [0.1, 0.15) is 0 Å². The van der Waals surface area contributed by atoms with E-state index in [0.717, 1.165) is 4.31 Å². The van der Waals surface area contributed by atoms with Crippen LogP contribution in [0.15, 0.2) is 71.0 Å². The minimum Gasteiger partial charge on any atom is -0.457 e. The fourth-order valence-electron chi connectivity index (χ4n) is 3.62. The van der Waals surface area contributed by atoms with Crippen molar-refractivity contribution >= 4 is 37.6 Å². The number of rotatable bonds is 7. The number of carbonyl (C=O) groups excluding carboxylic acids is 1. The number of aliphatic hydroxyl groups is 1. The van der Waals surface area contributed by atoms with Gasteiger partial charge in [-0.2, -0.15) is 8.61 Å². The maximum Gasteiger partial charge on any atom is 0.267 e. The molecule has 1 fully saturated rings. The second-order valence-electron chi connectivity index (χ2n) is 8.00. The van der Waals surface area contributed by atoms with Crippen molar-refractivity contribution in [3.63, 3.8) is 0 Å². The number of ether oxygens (including phenoxy) is 1. The van der Waals surface area contributed by atoms with Gasteiger partial charge in [-0.3, -0.25) is 4.79 Å². The topological polar surface area (TPSA) is 165 Å². The van der Waals surface area contributed by atoms with Crippen LogP contribution < -0.4 is 10.5 Å². The third-order valence-electron chi connectivity index (χ3n) is 5.50. The number of carbonyl (C=O) groups is 1. The van der Waals surface area contributed by atoms with E-state index in [0.29, 0.717) is 20.8 Å². The van der Waals surface area contributed by atoms with E-state index in [1.807, 2.05) is 0 Å². The Bertz CT molecular complexity index is 1490. The van der Waals surface area contributed by atoms with Crippen LogP contribution in [0.25, 0.3) is 0 Å². The Hall–Kier alpha value is -3.01. The molecule has 192 valence electrons. The zero-order valence-electron chi connectivity index (χ0n) is 18.9. The largest absolute Gasteiger partial charge is 0.457 e. The summed E-state index contributed by atoms with van der Waals surface area (Å²) in [5, 5.41) is 11.3. The molecule has 1 atom stereocenters. The lowest BCUT2D eigenvalue weighted by atomic mass is 10.1. The zero-order chi connectivity index (χ0) is 26.3. The summed E-state index contributed by atoms with van der Waals surface area (Å²) in [6.07, 6.45) is 2.52. The van der Waals surface area contributed by atoms with Crippen LogP contribution >= 0.6 is 11.6 Å². The van der Waals surface area contributed by atoms with E-state index in [1.54, 1.807) is 31.3 Å². The second kappa shape index (κ2) is 9.46. The van der Waals surface area contributed by atoms with Gasteiger partial charge >= 0.3 is 0 Å². The quantitative estimate of drug-likeness (QED) is 0.430. The number of benzene rings is 2. The molecule has 15 heteroatoms. The molecule has 1 aromatic heterocycles. The van der Waals surface area contributed by atoms with Crippen LogP contribution in [0.3, 0.4) is 0 Å². The third kappa shape index (κ3) is 4.83. The van der Waals surface area contributed by atoms with Crippen molar-refractivity contribution in [2.45, 2.75) is 15.6 Å². The van der Waals surface area contributed by atoms with Gasteiger partial charge in [0.05, 0.1) is 17.8 Å². The number of hydrogen-bond donors (Lipinski definition) is 2. The number of nitrogens with two attached hydrogens (primary N) is 1. The predicted molar refractivity (Wildman–Crippen MR) is 128 cm³/mol. The summed E-state index contributed by atoms with van der Waals surface area (Å²) in [7, 11) is -7.13. The minimum absolute atomic E-state index is 0.258. The molecular formula is C21H22ClN5O7S2. The summed E-state index contributed by atoms with van der Waals surface area (Å²) >= 11 is 5.85. The highest BCUT2D eigenvalue weighted by Gasteiger charge is 2.53. The van der Waals surface area contributed by atoms with Crippen molar-refractivity contribution in [2.75, 3.05) is 19.6 Å². The first-order valence-electron chi connectivity index (χ1n) is 10.4. The van der Waals surface area contributed by atoms with E-state index < -0.39 is 44.8 Å². The summed E-state index contributed by atoms with van der Waals surface area (Å²) in [5.41, 5.74) is 2.53. The molecule has 2 heterocycles. The highest BCUT2D eigenvalue weighted by molar-refractivity contribution is 7.89. The molecule has 1 aliphatic heterocycles. The molecule has 1 amide bonds. The van der Waals surface area contributed by atoms with E-state index >= 15 is 0 Å². The van der Waals surface area contributed by atoms with Crippen LogP contribution in [-0.4, -0.2) is 71.4 Å². The van der Waals surface area contributed by atoms with Gasteiger partial charge in [0, 0.05) is 31.4 Å². The lowest BCUT2D eigenvalue weighted by Gasteiger charge is -2.43. The molecule has 0 spiro atoms. The standard InChI is InChI=1S/C21H22ClN5O7S2/c1-25-12-19(24-14-25)36(32,33)26-10-11-27(21(29,13-26)20(23)28)35(30,31)18-8-6-17(7-9-18)34-16-4-2-15(22)3-5-16/h2-9,12,14,29H,10-11,13H2,1H3,(H2,23,28). The molecule has 1 saturated heterocycles. The van der Waals surface area contributed by atoms with Gasteiger partial charge in [-0.1, -0.05) is 11.6 Å². The number of piperazine rings is 1. The number of nitrogens with zero attached hydrogens (tertiary/aromatic N) is 4. The van der Waals surface area contributed by atoms with E-state index in [4.69, 9.17) is 22.1 Å². The van der Waals surface area contributed by atoms with Gasteiger partial charge in [0.25, 0.3) is 15.9 Å². The molecule has 0 radical (unpaired) electrons. The van der Waals surface area contributed by atoms with Gasteiger partial charge in [0.1, 0.15) is 11.5 Å². The third-order valence-corrected chi connectivity index (χ3v) is 9.42. The van der Waals surface area contributed by atoms with Gasteiger partial charge in [0.2, 0.25) is 15.7 Å². The van der Waals surface area contributed by atoms with Gasteiger partial charge in [0.15, 0.2) is 5.03 Å². The molecule has 1 unspecified atom stereocenters. The molecule has 2 aromatic carbocycles. The smallest absolute Gasteiger partial charge is 0.267 e. The molecule has 1 aliphatic rings. The Kier molecular flexibility index (Phi) is 6.85. The van der Waals surface area contributed by atoms with Gasteiger partial charge in [-0.05, 0) is 48.5 Å². The van der Waals surface area contributed by atoms with E-state index in [9.17, 15) is 26.7 Å². The normalized spacial score (nSPS) is 19.8. The van der Waals surface area contributed by atoms with Crippen molar-refractivity contribution in [2.24, 2.45) is 12.8 Å². The van der Waals surface area contributed by atoms with Crippen molar-refractivity contribution in [3.05, 3.63) is 66.1 Å². The molecule has 3 N–H and O–H groups in total. The van der Waals surface area contributed by atoms with Crippen molar-refractivity contribution < 1.29 is 31.5 Å². The highest BCUT2D eigenvalue weighted by Crippen LogP contribution is 2.31. The van der Waals surface area contributed by atoms with E-state index in [1.165, 1.54) is 41.4 Å². The van der Waals surface area contributed by atoms with E-state index in [2.05, 4.69) is 4.98 Å². The number of sulfonamides is 2. The number of hydrogen-bond acceptors (Lipinski definition) is 8. The average Bonchev–Trinajstić information content (AvgIpc) is 3.28. The van der Waals surface area contributed by atoms with Crippen LogP contribution in [0.2, 0.25) is 5.02 Å². The van der Waals surface area contributed by atoms with Crippen molar-refractivity contribution in [3.8, 4) is 11.5 Å². The Balaban J connectivity index is 1.59. The maximum atomic E-state index is 13.4. The highest BCUT2D eigenvalue weighted by atomic mass is 35.5. The van der Waals surface area contributed by atoms with Crippen LogP contribution in [0.4, 0.5) is 0 Å². The SMILES string of the molecule is Cn1cnc(S(=O)(=O)N2CCN(S(=O)(=O)c3ccc(Oc4ccc(Cl)cc4)cc3)C(O)(C(N)=O)C2)c1. The molecule has 4 rings (SSSR count). The van der Waals surface area contributed by atoms with E-state index in [-0.39, 0.29) is 16.5 Å². The second-order valence-corrected chi connectivity index (χ2v) is 12.2. The zero-order valence-corrected chi connectivity index (χ0v) is 21.2. The molecule has 12 nitrogen and oxygen atoms in total. The van der Waals surface area contributed by atoms with Crippen LogP contribution in [0.5, 0.6) is 11.5 Å². The maximum absolute atomic E-state index is 13.4. The molecule has 0 aliphatic carbocycles. The number of aryl methyl sites for hydroxylation is 1. The summed E-state index contributed by atoms with van der Waals surface area (Å²) in [5.74, 6) is -0.620. The summed E-state index contributed by atoms with van der Waals surface area (Å²) < 4.78 is 60.9. The monoisotopic (exact) mass is 555 g/mol. The Labute approximate surface area is 212 Å². The van der Waals surface area contributed by atoms with Crippen molar-refractivity contribution in [1.82, 2.24) is 18.2 Å². The molecule has 36 heavy (non-hydrogen) atoms. The number of β-amino-alcohol motifs (C(OH)–C–C–N with tert-alkyl or cyclic N) is 1. The molecule has 3 aromatic rings. The lowest BCUT2D eigenvalue weighted by molar-refractivity contribution is -0.155. The van der Waals surface area contributed by atoms with Crippen molar-refractivity contribution in [1.29, 1.82) is 0 Å². The summed E-state index contributed by atoms with van der Waals surface area (Å²) in [4.78, 5) is 15.8. The Morgan fingerprint density at radius 2 is 1.61 bits per heavy atom. The fraction of sp³-hybridized carbons (Fsp3) is 0.238. The number of primary amides is 1. The lowest BCUT2D eigenvalue weighted by Crippen LogP contribution is -2.69. The number of imidazole rings is 1. The van der Waals surface area contributed by atoms with Crippen LogP contribution in [0, 0.1) is 0 Å². The predicted octanol–water partition coefficient (Wildman–Crippen LogP) is 0.735. The number of halogens is 1. The molecular weight excluding hydrogens is 534 g/mol. The number of aromatic nitrogens is 2. The Morgan fingerprint density at radius 3 is 2.14 bits per heavy atom. The van der Waals surface area contributed by atoms with Gasteiger partial charge in [-0.25, -0.2) is 21.8 Å². The average molecular weight is 556 g/mol. The first-order chi connectivity index (χ1) is 16.8. The van der Waals surface area contributed by atoms with Gasteiger partial charge < -0.3 is 20.1 Å². The first-order valence-corrected chi connectivity index (χ1v) is 13.7. The molecule has 0 saturated carbocycles.